The van der Waals surface area contributed by atoms with Gasteiger partial charge in [0.25, 0.3) is 0 Å². The predicted molar refractivity (Wildman–Crippen MR) is 91.5 cm³/mol. The van der Waals surface area contributed by atoms with Crippen molar-refractivity contribution in [3.63, 3.8) is 0 Å². The second kappa shape index (κ2) is 5.93. The topological polar surface area (TPSA) is 71.5 Å². The van der Waals surface area contributed by atoms with Crippen molar-refractivity contribution in [1.82, 2.24) is 4.98 Å². The van der Waals surface area contributed by atoms with Gasteiger partial charge in [0.2, 0.25) is 0 Å². The van der Waals surface area contributed by atoms with E-state index in [1.807, 2.05) is 24.3 Å². The van der Waals surface area contributed by atoms with Gasteiger partial charge < -0.3 is 15.2 Å². The maximum Gasteiger partial charge on any atom is 0.325 e. The van der Waals surface area contributed by atoms with Crippen LogP contribution in [0.5, 0.6) is 5.75 Å². The molecule has 2 aromatic carbocycles. The van der Waals surface area contributed by atoms with Crippen LogP contribution in [-0.4, -0.2) is 29.2 Å². The molecule has 1 atom stereocenters. The molecule has 0 unspecified atom stereocenters. The highest BCUT2D eigenvalue weighted by atomic mass is 35.5. The summed E-state index contributed by atoms with van der Waals surface area (Å²) in [5.74, 6) is -0.251. The highest BCUT2D eigenvalue weighted by Gasteiger charge is 2.16. The summed E-state index contributed by atoms with van der Waals surface area (Å²) in [5, 5.41) is 14.5. The van der Waals surface area contributed by atoms with E-state index in [1.54, 1.807) is 26.2 Å². The number of methoxy groups -OCH3 is 1. The van der Waals surface area contributed by atoms with Crippen molar-refractivity contribution in [2.24, 2.45) is 0 Å². The molecule has 0 radical (unpaired) electrons. The first kappa shape index (κ1) is 15.4. The fourth-order valence-corrected chi connectivity index (χ4v) is 2.62. The van der Waals surface area contributed by atoms with Gasteiger partial charge in [0.15, 0.2) is 0 Å². The lowest BCUT2D eigenvalue weighted by atomic mass is 10.1. The van der Waals surface area contributed by atoms with Gasteiger partial charge in [-0.3, -0.25) is 4.79 Å². The second-order valence-corrected chi connectivity index (χ2v) is 5.67. The molecule has 118 valence electrons. The molecule has 23 heavy (non-hydrogen) atoms. The van der Waals surface area contributed by atoms with Gasteiger partial charge in [-0.25, -0.2) is 4.98 Å². The number of nitrogens with one attached hydrogen (secondary N) is 1. The number of carboxylic acid groups (broad SMARTS) is 1. The highest BCUT2D eigenvalue weighted by molar-refractivity contribution is 6.31. The fraction of sp³-hybridized carbons (Fsp3) is 0.176. The minimum atomic E-state index is -0.931. The number of hydrogen-bond donors (Lipinski definition) is 2. The van der Waals surface area contributed by atoms with E-state index in [0.29, 0.717) is 22.0 Å². The molecule has 2 N–H and O–H groups in total. The largest absolute Gasteiger partial charge is 0.497 e. The monoisotopic (exact) mass is 330 g/mol. The quantitative estimate of drug-likeness (QED) is 0.709. The Balaban J connectivity index is 2.33. The fourth-order valence-electron chi connectivity index (χ4n) is 2.46. The molecule has 0 saturated carbocycles. The number of pyridine rings is 1. The van der Waals surface area contributed by atoms with Crippen LogP contribution in [0, 0.1) is 0 Å². The number of aliphatic carboxylic acids is 1. The normalized spacial score (nSPS) is 12.3. The third kappa shape index (κ3) is 2.87. The van der Waals surface area contributed by atoms with E-state index in [9.17, 15) is 9.90 Å². The Hall–Kier alpha value is -2.53. The lowest BCUT2D eigenvalue weighted by Gasteiger charge is -2.16. The lowest BCUT2D eigenvalue weighted by Crippen LogP contribution is -2.25. The summed E-state index contributed by atoms with van der Waals surface area (Å²) >= 11 is 6.05. The first-order chi connectivity index (χ1) is 11.0. The Morgan fingerprint density at radius 2 is 2.00 bits per heavy atom. The predicted octanol–water partition coefficient (Wildman–Crippen LogP) is 3.94. The average Bonchev–Trinajstić information content (AvgIpc) is 2.53. The number of carboxylic acids is 1. The van der Waals surface area contributed by atoms with E-state index in [0.717, 1.165) is 16.3 Å². The van der Waals surface area contributed by atoms with Crippen molar-refractivity contribution in [3.05, 3.63) is 41.4 Å². The van der Waals surface area contributed by atoms with Gasteiger partial charge in [-0.15, -0.1) is 0 Å². The molecule has 0 amide bonds. The molecule has 6 heteroatoms. The number of fused-ring (bicyclic) bond motifs is 2. The summed E-state index contributed by atoms with van der Waals surface area (Å²) in [6.07, 6.45) is 0. The maximum atomic E-state index is 11.2. The summed E-state index contributed by atoms with van der Waals surface area (Å²) in [5.41, 5.74) is 2.14. The zero-order chi connectivity index (χ0) is 16.6. The van der Waals surface area contributed by atoms with Crippen molar-refractivity contribution < 1.29 is 14.6 Å². The van der Waals surface area contributed by atoms with Crippen LogP contribution >= 0.6 is 11.6 Å². The van der Waals surface area contributed by atoms with Gasteiger partial charge in [-0.05, 0) is 43.3 Å². The molecule has 0 spiro atoms. The van der Waals surface area contributed by atoms with E-state index >= 15 is 0 Å². The van der Waals surface area contributed by atoms with Gasteiger partial charge >= 0.3 is 5.97 Å². The van der Waals surface area contributed by atoms with Gasteiger partial charge in [-0.1, -0.05) is 11.6 Å². The Kier molecular flexibility index (Phi) is 3.96. The Morgan fingerprint density at radius 1 is 1.22 bits per heavy atom. The molecule has 0 fully saturated rings. The number of ether oxygens (including phenoxy) is 1. The van der Waals surface area contributed by atoms with E-state index < -0.39 is 12.0 Å². The van der Waals surface area contributed by atoms with Crippen LogP contribution in [0.15, 0.2) is 36.4 Å². The summed E-state index contributed by atoms with van der Waals surface area (Å²) in [6, 6.07) is 10.1. The average molecular weight is 331 g/mol. The summed E-state index contributed by atoms with van der Waals surface area (Å²) in [6.45, 7) is 1.59. The maximum absolute atomic E-state index is 11.2. The smallest absolute Gasteiger partial charge is 0.325 e. The van der Waals surface area contributed by atoms with Gasteiger partial charge in [-0.2, -0.15) is 0 Å². The third-order valence-electron chi connectivity index (χ3n) is 3.67. The first-order valence-corrected chi connectivity index (χ1v) is 7.44. The van der Waals surface area contributed by atoms with E-state index in [1.165, 1.54) is 0 Å². The minimum absolute atomic E-state index is 0.579. The Morgan fingerprint density at radius 3 is 2.70 bits per heavy atom. The number of hydrogen-bond acceptors (Lipinski definition) is 4. The Labute approximate surface area is 137 Å². The molecule has 0 saturated heterocycles. The number of nitrogens with zero attached hydrogens (tertiary/aromatic N) is 1. The molecule has 3 aromatic rings. The van der Waals surface area contributed by atoms with Gasteiger partial charge in [0.05, 0.1) is 23.8 Å². The van der Waals surface area contributed by atoms with Crippen molar-refractivity contribution in [2.75, 3.05) is 12.4 Å². The van der Waals surface area contributed by atoms with Crippen LogP contribution in [0.2, 0.25) is 5.02 Å². The number of aromatic nitrogens is 1. The van der Waals surface area contributed by atoms with Crippen molar-refractivity contribution in [1.29, 1.82) is 0 Å². The SMILES string of the molecule is COc1ccc2nc3cc(Cl)ccc3c(N[C@H](C)C(=O)O)c2c1. The first-order valence-electron chi connectivity index (χ1n) is 7.06. The van der Waals surface area contributed by atoms with Crippen molar-refractivity contribution >= 4 is 45.1 Å². The minimum Gasteiger partial charge on any atom is -0.497 e. The van der Waals surface area contributed by atoms with Crippen molar-refractivity contribution in [3.8, 4) is 5.75 Å². The van der Waals surface area contributed by atoms with Crippen LogP contribution in [0.1, 0.15) is 6.92 Å². The Bertz CT molecular complexity index is 911. The van der Waals surface area contributed by atoms with Crippen molar-refractivity contribution in [2.45, 2.75) is 13.0 Å². The lowest BCUT2D eigenvalue weighted by molar-refractivity contribution is -0.137. The number of anilines is 1. The molecule has 1 aromatic heterocycles. The molecule has 5 nitrogen and oxygen atoms in total. The van der Waals surface area contributed by atoms with E-state index in [2.05, 4.69) is 10.3 Å². The standard InChI is InChI=1S/C17H15ClN2O3/c1-9(17(21)22)19-16-12-5-3-10(18)7-15(12)20-14-6-4-11(23-2)8-13(14)16/h3-9H,1-2H3,(H,19,20)(H,21,22)/t9-/m1/s1. The highest BCUT2D eigenvalue weighted by Crippen LogP contribution is 2.34. The van der Waals surface area contributed by atoms with Crippen LogP contribution in [0.3, 0.4) is 0 Å². The summed E-state index contributed by atoms with van der Waals surface area (Å²) < 4.78 is 5.27. The molecule has 0 bridgehead atoms. The second-order valence-electron chi connectivity index (χ2n) is 5.24. The summed E-state index contributed by atoms with van der Waals surface area (Å²) in [4.78, 5) is 15.8. The molecule has 0 aliphatic carbocycles. The van der Waals surface area contributed by atoms with Gasteiger partial charge in [0.1, 0.15) is 11.8 Å². The van der Waals surface area contributed by atoms with Crippen LogP contribution in [0.4, 0.5) is 5.69 Å². The number of rotatable bonds is 4. The molecule has 0 aliphatic heterocycles. The van der Waals surface area contributed by atoms with Gasteiger partial charge in [0, 0.05) is 15.8 Å². The molecule has 1 heterocycles. The zero-order valence-electron chi connectivity index (χ0n) is 12.6. The van der Waals surface area contributed by atoms with Crippen LogP contribution in [0.25, 0.3) is 21.8 Å². The molecular weight excluding hydrogens is 316 g/mol. The number of halogens is 1. The number of carbonyl (C=O) groups is 1. The molecular formula is C17H15ClN2O3. The number of benzene rings is 2. The summed E-state index contributed by atoms with van der Waals surface area (Å²) in [7, 11) is 1.59. The molecule has 3 rings (SSSR count). The molecule has 0 aliphatic rings. The van der Waals surface area contributed by atoms with Crippen LogP contribution < -0.4 is 10.1 Å². The third-order valence-corrected chi connectivity index (χ3v) is 3.91. The zero-order valence-corrected chi connectivity index (χ0v) is 13.4. The van der Waals surface area contributed by atoms with Crippen LogP contribution in [-0.2, 0) is 4.79 Å². The van der Waals surface area contributed by atoms with E-state index in [-0.39, 0.29) is 0 Å². The van der Waals surface area contributed by atoms with E-state index in [4.69, 9.17) is 16.3 Å².